The number of para-hydroxylation sites is 1. The Kier molecular flexibility index (Phi) is 6.66. The molecule has 2 N–H and O–H groups in total. The molecule has 0 aliphatic heterocycles. The number of carboxylic acid groups (broad SMARTS) is 1. The lowest BCUT2D eigenvalue weighted by molar-refractivity contribution is -0.142. The predicted octanol–water partition coefficient (Wildman–Crippen LogP) is 2.63. The van der Waals surface area contributed by atoms with Gasteiger partial charge in [-0.3, -0.25) is 14.2 Å². The summed E-state index contributed by atoms with van der Waals surface area (Å²) in [4.78, 5) is 42.0. The molecule has 0 aliphatic rings. The van der Waals surface area contributed by atoms with E-state index in [1.165, 1.54) is 10.9 Å². The van der Waals surface area contributed by atoms with Gasteiger partial charge in [0.15, 0.2) is 6.04 Å². The van der Waals surface area contributed by atoms with Crippen LogP contribution in [0.4, 0.5) is 0 Å². The van der Waals surface area contributed by atoms with Crippen LogP contribution in [0, 0.1) is 0 Å². The maximum atomic E-state index is 13.1. The number of nitrogens with one attached hydrogen (secondary N) is 1. The number of rotatable bonds is 8. The summed E-state index contributed by atoms with van der Waals surface area (Å²) in [6.45, 7) is 0. The number of carbonyl (C=O) groups is 2. The average Bonchev–Trinajstić information content (AvgIpc) is 2.74. The predicted molar refractivity (Wildman–Crippen MR) is 113 cm³/mol. The van der Waals surface area contributed by atoms with Gasteiger partial charge >= 0.3 is 5.97 Å². The molecule has 0 bridgehead atoms. The zero-order chi connectivity index (χ0) is 20.8. The molecule has 2 atom stereocenters. The van der Waals surface area contributed by atoms with Gasteiger partial charge in [-0.15, -0.1) is 0 Å². The van der Waals surface area contributed by atoms with E-state index in [-0.39, 0.29) is 5.56 Å². The van der Waals surface area contributed by atoms with Crippen LogP contribution in [0.5, 0.6) is 0 Å². The molecule has 0 fully saturated rings. The van der Waals surface area contributed by atoms with Crippen LogP contribution in [0.2, 0.25) is 0 Å². The quantitative estimate of drug-likeness (QED) is 0.591. The minimum Gasteiger partial charge on any atom is -0.479 e. The molecule has 1 aromatic heterocycles. The summed E-state index contributed by atoms with van der Waals surface area (Å²) in [5.74, 6) is -1.08. The van der Waals surface area contributed by atoms with Crippen LogP contribution in [0.15, 0.2) is 65.7 Å². The third-order valence-corrected chi connectivity index (χ3v) is 5.23. The molecular formula is C21H21N3O4S. The fourth-order valence-electron chi connectivity index (χ4n) is 3.10. The molecule has 3 aromatic rings. The lowest BCUT2D eigenvalue weighted by Gasteiger charge is -2.22. The molecule has 0 saturated carbocycles. The molecule has 1 heterocycles. The van der Waals surface area contributed by atoms with Gasteiger partial charge in [-0.1, -0.05) is 42.5 Å². The first-order valence-corrected chi connectivity index (χ1v) is 10.4. The third kappa shape index (κ3) is 4.65. The topological polar surface area (TPSA) is 101 Å². The normalized spacial score (nSPS) is 13.0. The summed E-state index contributed by atoms with van der Waals surface area (Å²) in [6, 6.07) is 13.3. The molecule has 0 saturated heterocycles. The highest BCUT2D eigenvalue weighted by Crippen LogP contribution is 2.18. The number of thioether (sulfide) groups is 1. The molecule has 29 heavy (non-hydrogen) atoms. The highest BCUT2D eigenvalue weighted by molar-refractivity contribution is 7.98. The Morgan fingerprint density at radius 2 is 1.83 bits per heavy atom. The Balaban J connectivity index is 1.96. The van der Waals surface area contributed by atoms with Gasteiger partial charge in [0.25, 0.3) is 5.56 Å². The molecule has 8 heteroatoms. The van der Waals surface area contributed by atoms with E-state index >= 15 is 0 Å². The maximum absolute atomic E-state index is 13.1. The van der Waals surface area contributed by atoms with E-state index in [0.29, 0.717) is 28.6 Å². The fourth-order valence-corrected chi connectivity index (χ4v) is 3.56. The molecule has 7 nitrogen and oxygen atoms in total. The molecule has 1 amide bonds. The summed E-state index contributed by atoms with van der Waals surface area (Å²) in [5, 5.41) is 12.6. The van der Waals surface area contributed by atoms with Crippen molar-refractivity contribution in [1.82, 2.24) is 14.9 Å². The smallest absolute Gasteiger partial charge is 0.330 e. The minimum absolute atomic E-state index is 0.330. The van der Waals surface area contributed by atoms with E-state index in [1.807, 2.05) is 6.26 Å². The molecule has 0 unspecified atom stereocenters. The standard InChI is InChI=1S/C21H21N3O4S/c1-29-12-11-17(24-13-22-16-10-6-5-9-15(16)20(24)26)19(25)23-18(21(27)28)14-7-3-2-4-8-14/h2-10,13,17-18H,11-12H2,1H3,(H,23,25)(H,27,28)/t17-,18-/m0/s1. The number of nitrogens with zero attached hydrogens (tertiary/aromatic N) is 2. The molecule has 2 aromatic carbocycles. The van der Waals surface area contributed by atoms with E-state index in [0.717, 1.165) is 0 Å². The molecule has 0 aliphatic carbocycles. The Bertz CT molecular complexity index is 1070. The van der Waals surface area contributed by atoms with Crippen molar-refractivity contribution in [3.8, 4) is 0 Å². The van der Waals surface area contributed by atoms with E-state index in [9.17, 15) is 19.5 Å². The van der Waals surface area contributed by atoms with Gasteiger partial charge in [0.1, 0.15) is 6.04 Å². The number of carboxylic acids is 1. The zero-order valence-corrected chi connectivity index (χ0v) is 16.6. The van der Waals surface area contributed by atoms with Crippen LogP contribution in [-0.2, 0) is 9.59 Å². The Labute approximate surface area is 171 Å². The summed E-state index contributed by atoms with van der Waals surface area (Å²) >= 11 is 1.54. The van der Waals surface area contributed by atoms with E-state index in [4.69, 9.17) is 0 Å². The molecule has 3 rings (SSSR count). The first kappa shape index (κ1) is 20.6. The van der Waals surface area contributed by atoms with Crippen molar-refractivity contribution in [3.63, 3.8) is 0 Å². The second kappa shape index (κ2) is 9.38. The highest BCUT2D eigenvalue weighted by Gasteiger charge is 2.28. The van der Waals surface area contributed by atoms with Crippen molar-refractivity contribution < 1.29 is 14.7 Å². The number of aromatic nitrogens is 2. The van der Waals surface area contributed by atoms with Gasteiger partial charge in [-0.2, -0.15) is 11.8 Å². The van der Waals surface area contributed by atoms with Gasteiger partial charge < -0.3 is 10.4 Å². The average molecular weight is 411 g/mol. The number of amides is 1. The molecule has 150 valence electrons. The van der Waals surface area contributed by atoms with Crippen LogP contribution in [0.25, 0.3) is 10.9 Å². The SMILES string of the molecule is CSCC[C@@H](C(=O)N[C@H](C(=O)O)c1ccccc1)n1cnc2ccccc2c1=O. The monoisotopic (exact) mass is 411 g/mol. The second-order valence-corrected chi connectivity index (χ2v) is 7.45. The van der Waals surface area contributed by atoms with Crippen molar-refractivity contribution in [2.75, 3.05) is 12.0 Å². The second-order valence-electron chi connectivity index (χ2n) is 6.46. The van der Waals surface area contributed by atoms with Gasteiger partial charge in [-0.05, 0) is 36.1 Å². The Morgan fingerprint density at radius 3 is 2.52 bits per heavy atom. The van der Waals surface area contributed by atoms with Crippen LogP contribution < -0.4 is 10.9 Å². The Hall–Kier alpha value is -3.13. The number of carbonyl (C=O) groups excluding carboxylic acids is 1. The van der Waals surface area contributed by atoms with Gasteiger partial charge in [0.05, 0.1) is 17.2 Å². The summed E-state index contributed by atoms with van der Waals surface area (Å²) in [7, 11) is 0. The van der Waals surface area contributed by atoms with Crippen molar-refractivity contribution in [2.45, 2.75) is 18.5 Å². The van der Waals surface area contributed by atoms with Crippen molar-refractivity contribution in [1.29, 1.82) is 0 Å². The number of fused-ring (bicyclic) bond motifs is 1. The lowest BCUT2D eigenvalue weighted by Crippen LogP contribution is -2.41. The molecule has 0 spiro atoms. The van der Waals surface area contributed by atoms with Gasteiger partial charge in [-0.25, -0.2) is 9.78 Å². The summed E-state index contributed by atoms with van der Waals surface area (Å²) < 4.78 is 1.29. The number of hydrogen-bond acceptors (Lipinski definition) is 5. The lowest BCUT2D eigenvalue weighted by atomic mass is 10.1. The number of benzene rings is 2. The highest BCUT2D eigenvalue weighted by atomic mass is 32.2. The zero-order valence-electron chi connectivity index (χ0n) is 15.8. The van der Waals surface area contributed by atoms with Crippen molar-refractivity contribution >= 4 is 34.5 Å². The van der Waals surface area contributed by atoms with Gasteiger partial charge in [0.2, 0.25) is 5.91 Å². The fraction of sp³-hybridized carbons (Fsp3) is 0.238. The van der Waals surface area contributed by atoms with Crippen LogP contribution in [0.3, 0.4) is 0 Å². The Morgan fingerprint density at radius 1 is 1.14 bits per heavy atom. The van der Waals surface area contributed by atoms with Gasteiger partial charge in [0, 0.05) is 0 Å². The molecule has 0 radical (unpaired) electrons. The van der Waals surface area contributed by atoms with Crippen LogP contribution in [-0.4, -0.2) is 38.5 Å². The number of aliphatic carboxylic acids is 1. The first-order valence-electron chi connectivity index (χ1n) is 9.06. The summed E-state index contributed by atoms with van der Waals surface area (Å²) in [5.41, 5.74) is 0.676. The third-order valence-electron chi connectivity index (χ3n) is 4.59. The molecular weight excluding hydrogens is 390 g/mol. The van der Waals surface area contributed by atoms with Crippen molar-refractivity contribution in [2.24, 2.45) is 0 Å². The number of hydrogen-bond donors (Lipinski definition) is 2. The largest absolute Gasteiger partial charge is 0.479 e. The van der Waals surface area contributed by atoms with E-state index in [1.54, 1.807) is 66.4 Å². The summed E-state index contributed by atoms with van der Waals surface area (Å²) in [6.07, 6.45) is 3.63. The maximum Gasteiger partial charge on any atom is 0.330 e. The van der Waals surface area contributed by atoms with Crippen LogP contribution in [0.1, 0.15) is 24.1 Å². The van der Waals surface area contributed by atoms with E-state index < -0.39 is 24.0 Å². The van der Waals surface area contributed by atoms with E-state index in [2.05, 4.69) is 10.3 Å². The first-order chi connectivity index (χ1) is 14.0. The minimum atomic E-state index is -1.20. The van der Waals surface area contributed by atoms with Crippen LogP contribution >= 0.6 is 11.8 Å². The van der Waals surface area contributed by atoms with Crippen molar-refractivity contribution in [3.05, 3.63) is 76.8 Å².